The Bertz CT molecular complexity index is 607. The lowest BCUT2D eigenvalue weighted by Gasteiger charge is -2.21. The van der Waals surface area contributed by atoms with E-state index >= 15 is 0 Å². The molecule has 21 heavy (non-hydrogen) atoms. The predicted octanol–water partition coefficient (Wildman–Crippen LogP) is 5.61. The van der Waals surface area contributed by atoms with E-state index in [1.807, 2.05) is 0 Å². The molecule has 2 aromatic carbocycles. The van der Waals surface area contributed by atoms with Crippen LogP contribution in [0.3, 0.4) is 0 Å². The van der Waals surface area contributed by atoms with Gasteiger partial charge in [-0.1, -0.05) is 52.7 Å². The summed E-state index contributed by atoms with van der Waals surface area (Å²) in [7, 11) is 0. The molecule has 0 saturated carbocycles. The van der Waals surface area contributed by atoms with Crippen molar-refractivity contribution in [3.05, 3.63) is 68.1 Å². The molecule has 0 bridgehead atoms. The van der Waals surface area contributed by atoms with Gasteiger partial charge in [0, 0.05) is 15.5 Å². The summed E-state index contributed by atoms with van der Waals surface area (Å²) in [6.45, 7) is 7.29. The predicted molar refractivity (Wildman–Crippen MR) is 95.2 cm³/mol. The van der Waals surface area contributed by atoms with Gasteiger partial charge < -0.3 is 5.32 Å². The van der Waals surface area contributed by atoms with Crippen LogP contribution in [-0.4, -0.2) is 6.54 Å². The number of rotatable bonds is 5. The fraction of sp³-hybridized carbons (Fsp3) is 0.333. The highest BCUT2D eigenvalue weighted by molar-refractivity contribution is 9.10. The van der Waals surface area contributed by atoms with Crippen molar-refractivity contribution >= 4 is 27.5 Å². The Kier molecular flexibility index (Phi) is 5.86. The van der Waals surface area contributed by atoms with Crippen molar-refractivity contribution in [1.82, 2.24) is 5.32 Å². The molecule has 0 aliphatic rings. The fourth-order valence-electron chi connectivity index (χ4n) is 2.57. The van der Waals surface area contributed by atoms with Gasteiger partial charge in [-0.2, -0.15) is 0 Å². The number of hydrogen-bond acceptors (Lipinski definition) is 1. The molecule has 112 valence electrons. The van der Waals surface area contributed by atoms with Crippen LogP contribution in [-0.2, 0) is 6.42 Å². The van der Waals surface area contributed by atoms with Gasteiger partial charge in [-0.05, 0) is 67.3 Å². The van der Waals surface area contributed by atoms with Crippen LogP contribution in [0.2, 0.25) is 5.02 Å². The second-order valence-corrected chi connectivity index (χ2v) is 6.72. The number of likely N-dealkylation sites (N-methyl/N-ethyl adjacent to an activating group) is 1. The highest BCUT2D eigenvalue weighted by Gasteiger charge is 2.15. The van der Waals surface area contributed by atoms with Gasteiger partial charge in [0.25, 0.3) is 0 Å². The molecule has 1 atom stereocenters. The Morgan fingerprint density at radius 2 is 1.76 bits per heavy atom. The van der Waals surface area contributed by atoms with Crippen LogP contribution >= 0.6 is 27.5 Å². The molecular weight excluding hydrogens is 346 g/mol. The highest BCUT2D eigenvalue weighted by Crippen LogP contribution is 2.27. The molecule has 0 heterocycles. The van der Waals surface area contributed by atoms with Crippen LogP contribution in [0.1, 0.15) is 35.2 Å². The van der Waals surface area contributed by atoms with Gasteiger partial charge >= 0.3 is 0 Å². The van der Waals surface area contributed by atoms with E-state index in [0.29, 0.717) is 6.04 Å². The van der Waals surface area contributed by atoms with Crippen molar-refractivity contribution in [2.24, 2.45) is 0 Å². The van der Waals surface area contributed by atoms with Gasteiger partial charge in [0.1, 0.15) is 0 Å². The largest absolute Gasteiger partial charge is 0.310 e. The van der Waals surface area contributed by atoms with E-state index in [4.69, 9.17) is 11.6 Å². The maximum absolute atomic E-state index is 6.22. The molecule has 0 saturated heterocycles. The van der Waals surface area contributed by atoms with E-state index in [1.165, 1.54) is 16.7 Å². The minimum absolute atomic E-state index is 0.312. The van der Waals surface area contributed by atoms with Gasteiger partial charge in [-0.3, -0.25) is 0 Å². The van der Waals surface area contributed by atoms with Crippen LogP contribution < -0.4 is 5.32 Å². The first-order valence-electron chi connectivity index (χ1n) is 7.25. The SMILES string of the molecule is CCNC(Cc1ccc(Br)cc1)c1cc(C)c(Cl)cc1C. The average Bonchev–Trinajstić information content (AvgIpc) is 2.45. The molecule has 0 fully saturated rings. The normalized spacial score (nSPS) is 12.4. The van der Waals surface area contributed by atoms with E-state index in [-0.39, 0.29) is 0 Å². The molecule has 0 aliphatic heterocycles. The third-order valence-electron chi connectivity index (χ3n) is 3.73. The minimum atomic E-state index is 0.312. The van der Waals surface area contributed by atoms with Crippen LogP contribution in [0, 0.1) is 13.8 Å². The molecule has 1 N–H and O–H groups in total. The maximum Gasteiger partial charge on any atom is 0.0438 e. The summed E-state index contributed by atoms with van der Waals surface area (Å²) in [5.41, 5.74) is 5.04. The molecule has 1 nitrogen and oxygen atoms in total. The average molecular weight is 367 g/mol. The monoisotopic (exact) mass is 365 g/mol. The summed E-state index contributed by atoms with van der Waals surface area (Å²) in [6.07, 6.45) is 0.975. The number of aryl methyl sites for hydroxylation is 2. The lowest BCUT2D eigenvalue weighted by atomic mass is 9.94. The molecule has 0 aromatic heterocycles. The molecule has 1 unspecified atom stereocenters. The molecular formula is C18H21BrClN. The van der Waals surface area contributed by atoms with Crippen LogP contribution in [0.5, 0.6) is 0 Å². The standard InChI is InChI=1S/C18H21BrClN/c1-4-21-18(11-14-5-7-15(19)8-6-14)16-9-13(3)17(20)10-12(16)2/h5-10,18,21H,4,11H2,1-3H3. The van der Waals surface area contributed by atoms with Crippen LogP contribution in [0.25, 0.3) is 0 Å². The van der Waals surface area contributed by atoms with Gasteiger partial charge in [-0.25, -0.2) is 0 Å². The quantitative estimate of drug-likeness (QED) is 0.725. The van der Waals surface area contributed by atoms with Crippen molar-refractivity contribution in [3.8, 4) is 0 Å². The number of benzene rings is 2. The van der Waals surface area contributed by atoms with Crippen LogP contribution in [0.15, 0.2) is 40.9 Å². The van der Waals surface area contributed by atoms with E-state index < -0.39 is 0 Å². The zero-order valence-electron chi connectivity index (χ0n) is 12.7. The summed E-state index contributed by atoms with van der Waals surface area (Å²) >= 11 is 9.71. The number of halogens is 2. The van der Waals surface area contributed by atoms with Crippen molar-refractivity contribution in [2.45, 2.75) is 33.2 Å². The highest BCUT2D eigenvalue weighted by atomic mass is 79.9. The Morgan fingerprint density at radius 1 is 1.10 bits per heavy atom. The summed E-state index contributed by atoms with van der Waals surface area (Å²) in [4.78, 5) is 0. The Labute approximate surface area is 140 Å². The first-order valence-corrected chi connectivity index (χ1v) is 8.42. The van der Waals surface area contributed by atoms with Crippen molar-refractivity contribution in [1.29, 1.82) is 0 Å². The topological polar surface area (TPSA) is 12.0 Å². The van der Waals surface area contributed by atoms with Gasteiger partial charge in [0.05, 0.1) is 0 Å². The summed E-state index contributed by atoms with van der Waals surface area (Å²) in [5, 5.41) is 4.44. The minimum Gasteiger partial charge on any atom is -0.310 e. The lowest BCUT2D eigenvalue weighted by Crippen LogP contribution is -2.24. The zero-order valence-corrected chi connectivity index (χ0v) is 15.1. The smallest absolute Gasteiger partial charge is 0.0438 e. The molecule has 0 amide bonds. The first kappa shape index (κ1) is 16.5. The van der Waals surface area contributed by atoms with Crippen molar-refractivity contribution in [3.63, 3.8) is 0 Å². The van der Waals surface area contributed by atoms with Crippen LogP contribution in [0.4, 0.5) is 0 Å². The molecule has 0 aliphatic carbocycles. The third-order valence-corrected chi connectivity index (χ3v) is 4.66. The third kappa shape index (κ3) is 4.32. The van der Waals surface area contributed by atoms with Crippen molar-refractivity contribution < 1.29 is 0 Å². The molecule has 3 heteroatoms. The number of hydrogen-bond donors (Lipinski definition) is 1. The summed E-state index contributed by atoms with van der Waals surface area (Å²) in [5.74, 6) is 0. The molecule has 0 radical (unpaired) electrons. The zero-order chi connectivity index (χ0) is 15.4. The van der Waals surface area contributed by atoms with Gasteiger partial charge in [0.2, 0.25) is 0 Å². The molecule has 2 rings (SSSR count). The summed E-state index contributed by atoms with van der Waals surface area (Å²) < 4.78 is 1.12. The van der Waals surface area contributed by atoms with E-state index in [1.54, 1.807) is 0 Å². The summed E-state index contributed by atoms with van der Waals surface area (Å²) in [6, 6.07) is 13.1. The van der Waals surface area contributed by atoms with Gasteiger partial charge in [-0.15, -0.1) is 0 Å². The Morgan fingerprint density at radius 3 is 2.38 bits per heavy atom. The van der Waals surface area contributed by atoms with Crippen molar-refractivity contribution in [2.75, 3.05) is 6.54 Å². The fourth-order valence-corrected chi connectivity index (χ4v) is 3.06. The van der Waals surface area contributed by atoms with Gasteiger partial charge in [0.15, 0.2) is 0 Å². The Hall–Kier alpha value is -0.830. The second-order valence-electron chi connectivity index (χ2n) is 5.40. The lowest BCUT2D eigenvalue weighted by molar-refractivity contribution is 0.547. The van der Waals surface area contributed by atoms with E-state index in [2.05, 4.69) is 78.4 Å². The maximum atomic E-state index is 6.22. The van der Waals surface area contributed by atoms with E-state index in [9.17, 15) is 0 Å². The molecule has 0 spiro atoms. The first-order chi connectivity index (χ1) is 10.0. The number of nitrogens with one attached hydrogen (secondary N) is 1. The van der Waals surface area contributed by atoms with E-state index in [0.717, 1.165) is 28.0 Å². The Balaban J connectivity index is 2.30. The molecule has 2 aromatic rings. The second kappa shape index (κ2) is 7.44.